The van der Waals surface area contributed by atoms with E-state index in [-0.39, 0.29) is 6.10 Å². The second-order valence-corrected chi connectivity index (χ2v) is 16.4. The van der Waals surface area contributed by atoms with Gasteiger partial charge in [-0.3, -0.25) is 14.6 Å². The van der Waals surface area contributed by atoms with Gasteiger partial charge in [-0.05, 0) is 37.0 Å². The minimum atomic E-state index is -1.49. The third-order valence-corrected chi connectivity index (χ3v) is 9.23. The number of benzene rings is 1. The van der Waals surface area contributed by atoms with Gasteiger partial charge in [-0.2, -0.15) is 0 Å². The zero-order valence-electron chi connectivity index (χ0n) is 21.3. The molecule has 4 heterocycles. The van der Waals surface area contributed by atoms with E-state index >= 15 is 0 Å². The van der Waals surface area contributed by atoms with Crippen LogP contribution in [0, 0.1) is 0 Å². The van der Waals surface area contributed by atoms with E-state index < -0.39 is 8.07 Å². The highest BCUT2D eigenvalue weighted by Crippen LogP contribution is 2.27. The highest BCUT2D eigenvalue weighted by atomic mass is 35.5. The van der Waals surface area contributed by atoms with Crippen molar-refractivity contribution in [1.29, 1.82) is 0 Å². The molecule has 2 aliphatic rings. The lowest BCUT2D eigenvalue weighted by Gasteiger charge is -2.46. The molecule has 3 N–H and O–H groups in total. The Morgan fingerprint density at radius 3 is 2.50 bits per heavy atom. The maximum absolute atomic E-state index is 6.41. The lowest BCUT2D eigenvalue weighted by molar-refractivity contribution is -0.0884. The Labute approximate surface area is 218 Å². The normalized spacial score (nSPS) is 22.3. The molecule has 2 aromatic heterocycles. The number of piperidine rings is 1. The number of nitrogen functional groups attached to an aromatic ring is 1. The van der Waals surface area contributed by atoms with Crippen LogP contribution in [-0.4, -0.2) is 87.6 Å². The van der Waals surface area contributed by atoms with Crippen LogP contribution in [0.5, 0.6) is 0 Å². The molecule has 0 radical (unpaired) electrons. The molecule has 2 aliphatic heterocycles. The summed E-state index contributed by atoms with van der Waals surface area (Å²) < 4.78 is 8.37. The quantitative estimate of drug-likeness (QED) is 0.447. The van der Waals surface area contributed by atoms with Crippen molar-refractivity contribution in [1.82, 2.24) is 35.1 Å². The van der Waals surface area contributed by atoms with Crippen LogP contribution >= 0.6 is 11.6 Å². The molecule has 0 bridgehead atoms. The summed E-state index contributed by atoms with van der Waals surface area (Å²) in [6.45, 7) is 11.0. The Hall–Kier alpha value is -2.47. The molecule has 1 aromatic carbocycles. The lowest BCUT2D eigenvalue weighted by Crippen LogP contribution is -2.58. The number of aromatic amines is 1. The number of ether oxygens (including phenoxy) is 1. The zero-order valence-corrected chi connectivity index (χ0v) is 23.0. The molecule has 2 saturated heterocycles. The highest BCUT2D eigenvalue weighted by molar-refractivity contribution is 6.88. The van der Waals surface area contributed by atoms with Crippen LogP contribution in [0.2, 0.25) is 24.7 Å². The van der Waals surface area contributed by atoms with Gasteiger partial charge < -0.3 is 15.4 Å². The largest absolute Gasteiger partial charge is 0.373 e. The predicted octanol–water partition coefficient (Wildman–Crippen LogP) is 2.16. The molecule has 3 aromatic rings. The summed E-state index contributed by atoms with van der Waals surface area (Å²) >= 11 is 6.13. The van der Waals surface area contributed by atoms with E-state index in [0.29, 0.717) is 24.6 Å². The molecule has 36 heavy (non-hydrogen) atoms. The second kappa shape index (κ2) is 10.5. The smallest absolute Gasteiger partial charge is 0.226 e. The van der Waals surface area contributed by atoms with Crippen molar-refractivity contribution in [2.45, 2.75) is 63.6 Å². The molecule has 0 saturated carbocycles. The first-order valence-electron chi connectivity index (χ1n) is 12.7. The Balaban J connectivity index is 1.28. The summed E-state index contributed by atoms with van der Waals surface area (Å²) in [5, 5.41) is 18.8. The Morgan fingerprint density at radius 2 is 1.86 bits per heavy atom. The number of nitrogens with zero attached hydrogens (tertiary/aromatic N) is 7. The summed E-state index contributed by atoms with van der Waals surface area (Å²) in [4.78, 5) is 7.96. The van der Waals surface area contributed by atoms with E-state index in [1.807, 2.05) is 16.8 Å². The third kappa shape index (κ3) is 5.91. The first-order valence-corrected chi connectivity index (χ1v) is 16.6. The van der Waals surface area contributed by atoms with Gasteiger partial charge in [0.15, 0.2) is 0 Å². The molecule has 0 spiro atoms. The molecule has 0 unspecified atom stereocenters. The molecule has 2 atom stereocenters. The second-order valence-electron chi connectivity index (χ2n) is 11.0. The number of nitrogens with two attached hydrogens (primary N) is 1. The topological polar surface area (TPSA) is 114 Å². The van der Waals surface area contributed by atoms with Gasteiger partial charge in [-0.25, -0.2) is 0 Å². The van der Waals surface area contributed by atoms with Crippen molar-refractivity contribution in [3.63, 3.8) is 0 Å². The maximum Gasteiger partial charge on any atom is 0.226 e. The maximum atomic E-state index is 6.41. The fraction of sp³-hybridized carbons (Fsp3) is 0.583. The molecular formula is C24H36ClN9OSi. The number of anilines is 2. The minimum absolute atomic E-state index is 0.0785. The summed E-state index contributed by atoms with van der Waals surface area (Å²) in [7, 11) is -1.49. The minimum Gasteiger partial charge on any atom is -0.373 e. The molecule has 2 fully saturated rings. The van der Waals surface area contributed by atoms with Crippen LogP contribution in [0.3, 0.4) is 0 Å². The van der Waals surface area contributed by atoms with Gasteiger partial charge in [0.25, 0.3) is 0 Å². The summed E-state index contributed by atoms with van der Waals surface area (Å²) in [5.74, 6) is 1.12. The van der Waals surface area contributed by atoms with E-state index in [1.165, 1.54) is 5.56 Å². The van der Waals surface area contributed by atoms with E-state index in [0.717, 1.165) is 61.7 Å². The van der Waals surface area contributed by atoms with Gasteiger partial charge >= 0.3 is 0 Å². The number of hydrogen-bond acceptors (Lipinski definition) is 8. The molecule has 5 rings (SSSR count). The number of morpholine rings is 1. The van der Waals surface area contributed by atoms with Crippen LogP contribution in [0.15, 0.2) is 30.5 Å². The van der Waals surface area contributed by atoms with Crippen LogP contribution in [0.1, 0.15) is 18.4 Å². The van der Waals surface area contributed by atoms with Crippen molar-refractivity contribution in [2.75, 3.05) is 36.9 Å². The first kappa shape index (κ1) is 25.2. The zero-order chi connectivity index (χ0) is 25.3. The van der Waals surface area contributed by atoms with Gasteiger partial charge in [-0.15, -0.1) is 15.3 Å². The molecule has 0 aliphatic carbocycles. The third-order valence-electron chi connectivity index (χ3n) is 7.22. The van der Waals surface area contributed by atoms with Crippen LogP contribution < -0.4 is 16.0 Å². The van der Waals surface area contributed by atoms with Crippen molar-refractivity contribution in [2.24, 2.45) is 0 Å². The summed E-state index contributed by atoms with van der Waals surface area (Å²) in [6, 6.07) is 8.96. The average molecular weight is 530 g/mol. The lowest BCUT2D eigenvalue weighted by atomic mass is 9.96. The number of halogens is 1. The number of aromatic nitrogens is 6. The Kier molecular flexibility index (Phi) is 7.34. The molecule has 10 nitrogen and oxygen atoms in total. The van der Waals surface area contributed by atoms with E-state index in [1.54, 1.807) is 0 Å². The standard InChI is InChI=1S/C24H36ClN9OSi/c1-36(2,3)22-15-33(31-28-22)13-21-14-34(20(16-35-21)12-17-4-6-18(25)7-5-17)19-8-10-32(11-9-19)24-27-23(26)29-30-24/h4-7,15,19-21H,8-14,16H2,1-3H3,(H3,26,27,29,30)/t20-,21-/m0/s1. The van der Waals surface area contributed by atoms with E-state index in [9.17, 15) is 0 Å². The van der Waals surface area contributed by atoms with Crippen molar-refractivity contribution in [3.05, 3.63) is 41.0 Å². The van der Waals surface area contributed by atoms with Gasteiger partial charge in [-0.1, -0.05) is 48.6 Å². The number of hydrogen-bond donors (Lipinski definition) is 2. The van der Waals surface area contributed by atoms with E-state index in [4.69, 9.17) is 22.1 Å². The number of H-pyrrole nitrogens is 1. The molecule has 194 valence electrons. The SMILES string of the molecule is C[Si](C)(C)c1cn(C[C@H]2CN(C3CCN(c4nnc(N)[nH]4)CC3)[C@@H](Cc3ccc(Cl)cc3)CO2)nn1. The Morgan fingerprint density at radius 1 is 1.11 bits per heavy atom. The van der Waals surface area contributed by atoms with Gasteiger partial charge in [0.2, 0.25) is 11.9 Å². The van der Waals surface area contributed by atoms with E-state index in [2.05, 4.69) is 73.3 Å². The fourth-order valence-corrected chi connectivity index (χ4v) is 6.17. The average Bonchev–Trinajstić information content (AvgIpc) is 3.51. The summed E-state index contributed by atoms with van der Waals surface area (Å²) in [5.41, 5.74) is 7.02. The van der Waals surface area contributed by atoms with Crippen molar-refractivity contribution >= 4 is 36.9 Å². The molecule has 0 amide bonds. The highest BCUT2D eigenvalue weighted by Gasteiger charge is 2.36. The summed E-state index contributed by atoms with van der Waals surface area (Å²) in [6.07, 6.45) is 5.23. The molecular weight excluding hydrogens is 494 g/mol. The van der Waals surface area contributed by atoms with Gasteiger partial charge in [0, 0.05) is 42.9 Å². The van der Waals surface area contributed by atoms with Crippen molar-refractivity contribution < 1.29 is 4.74 Å². The number of rotatable bonds is 7. The molecule has 12 heteroatoms. The van der Waals surface area contributed by atoms with Gasteiger partial charge in [0.05, 0.1) is 24.6 Å². The fourth-order valence-electron chi connectivity index (χ4n) is 5.16. The van der Waals surface area contributed by atoms with Crippen LogP contribution in [-0.2, 0) is 17.7 Å². The Bertz CT molecular complexity index is 1140. The predicted molar refractivity (Wildman–Crippen MR) is 144 cm³/mol. The first-order chi connectivity index (χ1) is 17.2. The van der Waals surface area contributed by atoms with Gasteiger partial charge in [0.1, 0.15) is 8.07 Å². The number of nitrogens with one attached hydrogen (secondary N) is 1. The van der Waals surface area contributed by atoms with Crippen LogP contribution in [0.25, 0.3) is 0 Å². The van der Waals surface area contributed by atoms with Crippen molar-refractivity contribution in [3.8, 4) is 0 Å². The monoisotopic (exact) mass is 529 g/mol. The van der Waals surface area contributed by atoms with Crippen LogP contribution in [0.4, 0.5) is 11.9 Å².